The van der Waals surface area contributed by atoms with Crippen molar-refractivity contribution in [1.29, 1.82) is 0 Å². The smallest absolute Gasteiger partial charge is 0.0478 e. The largest absolute Gasteiger partial charge is 0.381 e. The number of unbranched alkanes of at least 4 members (excludes halogenated alkanes) is 11. The van der Waals surface area contributed by atoms with E-state index in [0.717, 1.165) is 32.7 Å². The van der Waals surface area contributed by atoms with E-state index in [0.29, 0.717) is 0 Å². The zero-order valence-electron chi connectivity index (χ0n) is 15.6. The molecule has 0 atom stereocenters. The quantitative estimate of drug-likeness (QED) is 0.291. The fraction of sp³-hybridized carbons (Fsp3) is 1.00. The van der Waals surface area contributed by atoms with Gasteiger partial charge in [-0.25, -0.2) is 0 Å². The van der Waals surface area contributed by atoms with E-state index in [2.05, 4.69) is 19.2 Å². The molecule has 0 heterocycles. The van der Waals surface area contributed by atoms with Crippen LogP contribution in [-0.4, -0.2) is 26.3 Å². The molecule has 0 aliphatic heterocycles. The van der Waals surface area contributed by atoms with Gasteiger partial charge in [0, 0.05) is 13.2 Å². The molecule has 0 amide bonds. The maximum Gasteiger partial charge on any atom is 0.0478 e. The van der Waals surface area contributed by atoms with Crippen LogP contribution in [0.5, 0.6) is 0 Å². The Morgan fingerprint density at radius 1 is 0.500 bits per heavy atom. The minimum absolute atomic E-state index is 0.925. The number of rotatable bonds is 19. The van der Waals surface area contributed by atoms with Crippen LogP contribution in [0.4, 0.5) is 0 Å². The first-order chi connectivity index (χ1) is 10.9. The average molecular weight is 314 g/mol. The van der Waals surface area contributed by atoms with Gasteiger partial charge in [-0.05, 0) is 32.4 Å². The summed E-state index contributed by atoms with van der Waals surface area (Å²) in [4.78, 5) is 0. The summed E-state index contributed by atoms with van der Waals surface area (Å²) < 4.78 is 5.67. The van der Waals surface area contributed by atoms with Crippen molar-refractivity contribution in [2.24, 2.45) is 0 Å². The van der Waals surface area contributed by atoms with Crippen LogP contribution < -0.4 is 5.32 Å². The second-order valence-electron chi connectivity index (χ2n) is 6.61. The molecule has 0 saturated carbocycles. The number of hydrogen-bond acceptors (Lipinski definition) is 2. The van der Waals surface area contributed by atoms with Gasteiger partial charge >= 0.3 is 0 Å². The summed E-state index contributed by atoms with van der Waals surface area (Å²) in [7, 11) is 0. The molecule has 0 unspecified atom stereocenters. The maximum absolute atomic E-state index is 5.67. The van der Waals surface area contributed by atoms with Crippen LogP contribution in [-0.2, 0) is 4.74 Å². The van der Waals surface area contributed by atoms with Crippen molar-refractivity contribution in [2.75, 3.05) is 26.3 Å². The van der Waals surface area contributed by atoms with Gasteiger partial charge in [-0.3, -0.25) is 0 Å². The van der Waals surface area contributed by atoms with Crippen molar-refractivity contribution in [3.05, 3.63) is 0 Å². The molecule has 22 heavy (non-hydrogen) atoms. The summed E-state index contributed by atoms with van der Waals surface area (Å²) in [5.74, 6) is 0. The summed E-state index contributed by atoms with van der Waals surface area (Å²) in [5, 5.41) is 3.40. The molecule has 0 fully saturated rings. The highest BCUT2D eigenvalue weighted by molar-refractivity contribution is 4.49. The SMILES string of the molecule is CCCCCCCCCCCCCCOCCCNCCC. The summed E-state index contributed by atoms with van der Waals surface area (Å²) in [5.41, 5.74) is 0. The lowest BCUT2D eigenvalue weighted by atomic mass is 10.1. The van der Waals surface area contributed by atoms with Gasteiger partial charge in [0.2, 0.25) is 0 Å². The van der Waals surface area contributed by atoms with Crippen LogP contribution in [0.3, 0.4) is 0 Å². The fourth-order valence-electron chi connectivity index (χ4n) is 2.75. The molecule has 0 radical (unpaired) electrons. The van der Waals surface area contributed by atoms with Crippen molar-refractivity contribution in [3.63, 3.8) is 0 Å². The minimum Gasteiger partial charge on any atom is -0.381 e. The lowest BCUT2D eigenvalue weighted by molar-refractivity contribution is 0.127. The Morgan fingerprint density at radius 3 is 1.55 bits per heavy atom. The highest BCUT2D eigenvalue weighted by Crippen LogP contribution is 2.11. The minimum atomic E-state index is 0.925. The zero-order valence-corrected chi connectivity index (χ0v) is 15.6. The van der Waals surface area contributed by atoms with Gasteiger partial charge in [-0.2, -0.15) is 0 Å². The third-order valence-electron chi connectivity index (χ3n) is 4.21. The van der Waals surface area contributed by atoms with Gasteiger partial charge < -0.3 is 10.1 Å². The Labute approximate surface area is 140 Å². The molecular formula is C20H43NO. The molecule has 2 heteroatoms. The Balaban J connectivity index is 2.91. The first kappa shape index (κ1) is 21.9. The molecule has 134 valence electrons. The third kappa shape index (κ3) is 19.9. The molecule has 2 nitrogen and oxygen atoms in total. The van der Waals surface area contributed by atoms with Gasteiger partial charge in [0.15, 0.2) is 0 Å². The number of hydrogen-bond donors (Lipinski definition) is 1. The van der Waals surface area contributed by atoms with Crippen molar-refractivity contribution in [2.45, 2.75) is 104 Å². The molecule has 0 bridgehead atoms. The molecule has 0 aromatic carbocycles. The normalized spacial score (nSPS) is 11.2. The molecule has 0 aliphatic rings. The second-order valence-corrected chi connectivity index (χ2v) is 6.61. The van der Waals surface area contributed by atoms with Gasteiger partial charge in [0.05, 0.1) is 0 Å². The summed E-state index contributed by atoms with van der Waals surface area (Å²) in [6.07, 6.45) is 19.3. The molecule has 0 aromatic rings. The van der Waals surface area contributed by atoms with Gasteiger partial charge in [-0.15, -0.1) is 0 Å². The lowest BCUT2D eigenvalue weighted by Crippen LogP contribution is -2.17. The topological polar surface area (TPSA) is 21.3 Å². The van der Waals surface area contributed by atoms with Crippen LogP contribution in [0.15, 0.2) is 0 Å². The predicted molar refractivity (Wildman–Crippen MR) is 99.7 cm³/mol. The van der Waals surface area contributed by atoms with Crippen molar-refractivity contribution >= 4 is 0 Å². The van der Waals surface area contributed by atoms with E-state index in [1.165, 1.54) is 83.5 Å². The monoisotopic (exact) mass is 313 g/mol. The first-order valence-electron chi connectivity index (χ1n) is 10.2. The van der Waals surface area contributed by atoms with Crippen LogP contribution in [0.25, 0.3) is 0 Å². The second kappa shape index (κ2) is 20.9. The Morgan fingerprint density at radius 2 is 1.00 bits per heavy atom. The fourth-order valence-corrected chi connectivity index (χ4v) is 2.75. The van der Waals surface area contributed by atoms with Crippen molar-refractivity contribution < 1.29 is 4.74 Å². The van der Waals surface area contributed by atoms with Crippen molar-refractivity contribution in [1.82, 2.24) is 5.32 Å². The zero-order chi connectivity index (χ0) is 16.1. The van der Waals surface area contributed by atoms with Gasteiger partial charge in [0.1, 0.15) is 0 Å². The number of nitrogens with one attached hydrogen (secondary N) is 1. The van der Waals surface area contributed by atoms with Crippen LogP contribution in [0.2, 0.25) is 0 Å². The van der Waals surface area contributed by atoms with Crippen LogP contribution >= 0.6 is 0 Å². The third-order valence-corrected chi connectivity index (χ3v) is 4.21. The molecule has 0 spiro atoms. The highest BCUT2D eigenvalue weighted by Gasteiger charge is 1.94. The predicted octanol–water partition coefficient (Wildman–Crippen LogP) is 6.09. The van der Waals surface area contributed by atoms with Gasteiger partial charge in [0.25, 0.3) is 0 Å². The Hall–Kier alpha value is -0.0800. The van der Waals surface area contributed by atoms with E-state index < -0.39 is 0 Å². The standard InChI is InChI=1S/C20H43NO/c1-3-5-6-7-8-9-10-11-12-13-14-15-19-22-20-16-18-21-17-4-2/h21H,3-20H2,1-2H3. The highest BCUT2D eigenvalue weighted by atomic mass is 16.5. The molecule has 0 aliphatic carbocycles. The van der Waals surface area contributed by atoms with Gasteiger partial charge in [-0.1, -0.05) is 84.5 Å². The average Bonchev–Trinajstić information content (AvgIpc) is 2.54. The van der Waals surface area contributed by atoms with Crippen LogP contribution in [0, 0.1) is 0 Å². The summed E-state index contributed by atoms with van der Waals surface area (Å²) in [6, 6.07) is 0. The van der Waals surface area contributed by atoms with Crippen LogP contribution in [0.1, 0.15) is 104 Å². The first-order valence-corrected chi connectivity index (χ1v) is 10.2. The number of ether oxygens (including phenoxy) is 1. The summed E-state index contributed by atoms with van der Waals surface area (Å²) >= 11 is 0. The van der Waals surface area contributed by atoms with E-state index >= 15 is 0 Å². The van der Waals surface area contributed by atoms with E-state index in [1.807, 2.05) is 0 Å². The Bertz CT molecular complexity index is 165. The molecule has 0 rings (SSSR count). The van der Waals surface area contributed by atoms with E-state index in [4.69, 9.17) is 4.74 Å². The Kier molecular flexibility index (Phi) is 20.8. The maximum atomic E-state index is 5.67. The molecule has 1 N–H and O–H groups in total. The van der Waals surface area contributed by atoms with Crippen molar-refractivity contribution in [3.8, 4) is 0 Å². The molecule has 0 saturated heterocycles. The molecule has 0 aromatic heterocycles. The summed E-state index contributed by atoms with van der Waals surface area (Å²) in [6.45, 7) is 8.62. The lowest BCUT2D eigenvalue weighted by Gasteiger charge is -2.05. The van der Waals surface area contributed by atoms with E-state index in [1.54, 1.807) is 0 Å². The van der Waals surface area contributed by atoms with E-state index in [9.17, 15) is 0 Å². The van der Waals surface area contributed by atoms with E-state index in [-0.39, 0.29) is 0 Å². The molecular weight excluding hydrogens is 270 g/mol.